The first kappa shape index (κ1) is 21.4. The van der Waals surface area contributed by atoms with Crippen LogP contribution in [0.25, 0.3) is 0 Å². The summed E-state index contributed by atoms with van der Waals surface area (Å²) in [7, 11) is 14.9. The second kappa shape index (κ2) is 8.85. The zero-order valence-corrected chi connectivity index (χ0v) is 19.4. The van der Waals surface area contributed by atoms with Crippen molar-refractivity contribution in [2.45, 2.75) is 41.5 Å². The van der Waals surface area contributed by atoms with Gasteiger partial charge in [0.2, 0.25) is 0 Å². The third-order valence-corrected chi connectivity index (χ3v) is 3.60. The number of hydrogen-bond acceptors (Lipinski definition) is 3. The summed E-state index contributed by atoms with van der Waals surface area (Å²) < 4.78 is 5.69. The average molecular weight is 452 g/mol. The van der Waals surface area contributed by atoms with Crippen molar-refractivity contribution in [2.75, 3.05) is 0 Å². The Morgan fingerprint density at radius 1 is 0.654 bits per heavy atom. The molecule has 0 aliphatic carbocycles. The zero-order valence-electron chi connectivity index (χ0n) is 15.5. The maximum atomic E-state index is 4.97. The molecule has 0 fully saturated rings. The molecule has 0 N–H and O–H groups in total. The van der Waals surface area contributed by atoms with E-state index in [2.05, 4.69) is 33.5 Å². The number of rotatable bonds is 3. The van der Waals surface area contributed by atoms with Gasteiger partial charge in [-0.3, -0.25) is 14.0 Å². The van der Waals surface area contributed by atoms with Gasteiger partial charge >= 0.3 is 42.6 Å². The van der Waals surface area contributed by atoms with Crippen molar-refractivity contribution in [3.8, 4) is 0 Å². The molecule has 0 spiro atoms. The van der Waals surface area contributed by atoms with Crippen molar-refractivity contribution in [3.05, 3.63) is 58.7 Å². The van der Waals surface area contributed by atoms with E-state index in [4.69, 9.17) is 27.9 Å². The van der Waals surface area contributed by atoms with Crippen LogP contribution in [0.1, 0.15) is 34.2 Å². The third kappa shape index (κ3) is 5.08. The molecule has 10 heteroatoms. The Kier molecular flexibility index (Phi) is 7.28. The molecule has 3 aromatic rings. The van der Waals surface area contributed by atoms with Crippen molar-refractivity contribution >= 4 is 27.9 Å². The van der Waals surface area contributed by atoms with Crippen LogP contribution in [0.4, 0.5) is 0 Å². The second-order valence-electron chi connectivity index (χ2n) is 6.03. The number of nitrogens with zero attached hydrogens (tertiary/aromatic N) is 6. The molecule has 0 amide bonds. The van der Waals surface area contributed by atoms with Crippen LogP contribution < -0.4 is 0 Å². The maximum absolute atomic E-state index is 4.97. The van der Waals surface area contributed by atoms with Gasteiger partial charge in [0, 0.05) is 17.1 Å². The van der Waals surface area contributed by atoms with E-state index in [0.29, 0.717) is 0 Å². The molecule has 3 rings (SSSR count). The molecule has 3 aromatic heterocycles. The van der Waals surface area contributed by atoms with Crippen LogP contribution >= 0.6 is 27.9 Å². The van der Waals surface area contributed by atoms with Crippen molar-refractivity contribution < 1.29 is 14.7 Å². The van der Waals surface area contributed by atoms with Crippen LogP contribution in [-0.4, -0.2) is 29.3 Å². The topological polar surface area (TPSA) is 53.5 Å². The first-order valence-corrected chi connectivity index (χ1v) is 14.4. The zero-order chi connectivity index (χ0) is 19.6. The molecule has 0 aliphatic rings. The van der Waals surface area contributed by atoms with Crippen LogP contribution in [0, 0.1) is 47.8 Å². The van der Waals surface area contributed by atoms with Gasteiger partial charge in [0.25, 0.3) is 0 Å². The molecule has 0 aliphatic heterocycles. The summed E-state index contributed by atoms with van der Waals surface area (Å²) in [5.74, 6) is 0. The van der Waals surface area contributed by atoms with E-state index < -0.39 is 14.7 Å². The van der Waals surface area contributed by atoms with Crippen LogP contribution in [0.15, 0.2) is 18.2 Å². The molecule has 0 saturated heterocycles. The number of aryl methyl sites for hydroxylation is 6. The molecule has 0 radical (unpaired) electrons. The molecule has 6 nitrogen and oxygen atoms in total. The summed E-state index contributed by atoms with van der Waals surface area (Å²) in [6, 6.07) is 6.16. The van der Waals surface area contributed by atoms with Gasteiger partial charge in [-0.25, -0.2) is 0 Å². The SMILES string of the molecule is Cc1cc(C)n([C-](n2nc(C)cc2C)n2nc(C)cc2C)n1.[Cl][Ti+]([Cl])[Cl]. The average Bonchev–Trinajstić information content (AvgIpc) is 3.10. The van der Waals surface area contributed by atoms with Gasteiger partial charge in [-0.2, -0.15) is 15.3 Å². The Morgan fingerprint density at radius 2 is 0.885 bits per heavy atom. The third-order valence-electron chi connectivity index (χ3n) is 3.60. The fourth-order valence-electron chi connectivity index (χ4n) is 2.76. The molecule has 26 heavy (non-hydrogen) atoms. The van der Waals surface area contributed by atoms with Gasteiger partial charge in [0.15, 0.2) is 6.29 Å². The molecule has 0 bridgehead atoms. The summed E-state index contributed by atoms with van der Waals surface area (Å²) in [5.41, 5.74) is 6.06. The van der Waals surface area contributed by atoms with Gasteiger partial charge in [0.05, 0.1) is 0 Å². The van der Waals surface area contributed by atoms with Crippen LogP contribution in [0.2, 0.25) is 0 Å². The fourth-order valence-corrected chi connectivity index (χ4v) is 2.76. The Labute approximate surface area is 171 Å². The first-order chi connectivity index (χ1) is 12.1. The van der Waals surface area contributed by atoms with Gasteiger partial charge in [-0.1, -0.05) is 39.0 Å². The van der Waals surface area contributed by atoms with E-state index in [1.807, 2.05) is 55.6 Å². The van der Waals surface area contributed by atoms with E-state index in [0.717, 1.165) is 40.5 Å². The quantitative estimate of drug-likeness (QED) is 0.433. The molecule has 0 aromatic carbocycles. The van der Waals surface area contributed by atoms with Crippen molar-refractivity contribution in [1.29, 1.82) is 0 Å². The molecular formula is C16H21Cl3N6Ti. The van der Waals surface area contributed by atoms with E-state index in [9.17, 15) is 0 Å². The molecule has 0 unspecified atom stereocenters. The number of halogens is 3. The fraction of sp³-hybridized carbons (Fsp3) is 0.375. The van der Waals surface area contributed by atoms with E-state index in [-0.39, 0.29) is 0 Å². The predicted octanol–water partition coefficient (Wildman–Crippen LogP) is 4.58. The number of aromatic nitrogens is 6. The minimum atomic E-state index is -1.92. The second-order valence-corrected chi connectivity index (χ2v) is 13.8. The normalized spacial score (nSPS) is 10.5. The van der Waals surface area contributed by atoms with E-state index >= 15 is 0 Å². The van der Waals surface area contributed by atoms with Crippen LogP contribution in [-0.2, 0) is 14.7 Å². The van der Waals surface area contributed by atoms with Crippen LogP contribution in [0.5, 0.6) is 0 Å². The van der Waals surface area contributed by atoms with Gasteiger partial charge in [0.1, 0.15) is 0 Å². The standard InChI is InChI=1S/C16H21N6.3ClH.Ti/c1-10-7-13(4)20(17-10)16(21-14(5)8-11(2)18-21)22-15(6)9-12(3)19-22;;;;/h7-9H,1-6H3;3*1H;/q-1;;;;+4/p-3. The molecule has 140 valence electrons. The minimum absolute atomic E-state index is 0.807. The monoisotopic (exact) mass is 450 g/mol. The molecule has 0 saturated carbocycles. The Hall–Kier alpha value is -0.916. The van der Waals surface area contributed by atoms with E-state index in [1.165, 1.54) is 0 Å². The Bertz CT molecular complexity index is 770. The summed E-state index contributed by atoms with van der Waals surface area (Å²) >= 11 is -1.92. The Balaban J connectivity index is 0.000000552. The van der Waals surface area contributed by atoms with E-state index in [1.54, 1.807) is 0 Å². The van der Waals surface area contributed by atoms with Crippen LogP contribution in [0.3, 0.4) is 0 Å². The first-order valence-electron chi connectivity index (χ1n) is 7.91. The van der Waals surface area contributed by atoms with Gasteiger partial charge < -0.3 is 0 Å². The summed E-state index contributed by atoms with van der Waals surface area (Å²) in [5, 5.41) is 13.9. The predicted molar refractivity (Wildman–Crippen MR) is 102 cm³/mol. The summed E-state index contributed by atoms with van der Waals surface area (Å²) in [4.78, 5) is 0. The Morgan fingerprint density at radius 3 is 1.04 bits per heavy atom. The number of hydrogen-bond donors (Lipinski definition) is 0. The van der Waals surface area contributed by atoms with Crippen molar-refractivity contribution in [3.63, 3.8) is 0 Å². The van der Waals surface area contributed by atoms with Crippen molar-refractivity contribution in [1.82, 2.24) is 29.3 Å². The molecule has 0 atom stereocenters. The molecular weight excluding hydrogens is 430 g/mol. The van der Waals surface area contributed by atoms with Gasteiger partial charge in [-0.15, -0.1) is 0 Å². The van der Waals surface area contributed by atoms with Crippen molar-refractivity contribution in [2.24, 2.45) is 0 Å². The summed E-state index contributed by atoms with van der Waals surface area (Å²) in [6.07, 6.45) is 0.807. The summed E-state index contributed by atoms with van der Waals surface area (Å²) in [6.45, 7) is 12.1. The molecule has 3 heterocycles. The van der Waals surface area contributed by atoms with Gasteiger partial charge in [-0.05, 0) is 37.9 Å².